The summed E-state index contributed by atoms with van der Waals surface area (Å²) in [4.78, 5) is 58.8. The number of allylic oxidation sites excluding steroid dienone is 1. The van der Waals surface area contributed by atoms with Crippen LogP contribution in [0.1, 0.15) is 25.1 Å². The van der Waals surface area contributed by atoms with Crippen molar-refractivity contribution in [3.63, 3.8) is 0 Å². The quantitative estimate of drug-likeness (QED) is 0.292. The molecule has 0 saturated carbocycles. The zero-order chi connectivity index (χ0) is 26.1. The van der Waals surface area contributed by atoms with Crippen LogP contribution in [-0.2, 0) is 20.9 Å². The smallest absolute Gasteiger partial charge is 0.274 e. The van der Waals surface area contributed by atoms with Gasteiger partial charge in [0, 0.05) is 26.7 Å². The fraction of sp³-hybridized carbons (Fsp3) is 0.320. The molecule has 2 heterocycles. The molecule has 1 aromatic carbocycles. The summed E-state index contributed by atoms with van der Waals surface area (Å²) in [6, 6.07) is 9.67. The van der Waals surface area contributed by atoms with Crippen molar-refractivity contribution in [2.45, 2.75) is 31.8 Å². The lowest BCUT2D eigenvalue weighted by molar-refractivity contribution is -0.127. The minimum atomic E-state index is -0.966. The number of aromatic nitrogens is 3. The molecule has 36 heavy (non-hydrogen) atoms. The van der Waals surface area contributed by atoms with Crippen molar-refractivity contribution in [3.8, 4) is 0 Å². The van der Waals surface area contributed by atoms with E-state index in [0.717, 1.165) is 11.0 Å². The van der Waals surface area contributed by atoms with Crippen LogP contribution in [0, 0.1) is 0 Å². The summed E-state index contributed by atoms with van der Waals surface area (Å²) >= 11 is 0. The van der Waals surface area contributed by atoms with Gasteiger partial charge in [0.15, 0.2) is 0 Å². The van der Waals surface area contributed by atoms with Crippen molar-refractivity contribution >= 4 is 34.4 Å². The number of carbonyl (C=O) groups excluding carboxylic acids is 3. The number of benzene rings is 1. The van der Waals surface area contributed by atoms with Gasteiger partial charge in [0.05, 0.1) is 24.2 Å². The molecule has 190 valence electrons. The highest BCUT2D eigenvalue weighted by Gasteiger charge is 2.21. The van der Waals surface area contributed by atoms with Crippen LogP contribution in [0.4, 0.5) is 5.69 Å². The van der Waals surface area contributed by atoms with Crippen LogP contribution in [0.25, 0.3) is 11.0 Å². The van der Waals surface area contributed by atoms with E-state index >= 15 is 0 Å². The second-order valence-electron chi connectivity index (χ2n) is 8.35. The van der Waals surface area contributed by atoms with E-state index in [4.69, 9.17) is 5.11 Å². The van der Waals surface area contributed by atoms with E-state index in [2.05, 4.69) is 20.6 Å². The summed E-state index contributed by atoms with van der Waals surface area (Å²) in [6.45, 7) is -0.179. The standard InChI is InChI=1S/C25H30N6O5/c1-30(2)23(34)12-6-5-10-19(28-22(33)13-15-32)24(35)29-20-11-7-14-31(25(20)36)16-21-26-17-8-3-4-9-18(17)27-21/h3-4,6-9,11-12,14,19,32H,5,10,13,15-16H2,1-2H3,(H,26,27)(H,28,33)(H,29,35). The third kappa shape index (κ3) is 7.12. The number of hydrogen-bond donors (Lipinski definition) is 4. The number of aromatic amines is 1. The fourth-order valence-electron chi connectivity index (χ4n) is 3.45. The maximum Gasteiger partial charge on any atom is 0.274 e. The Morgan fingerprint density at radius 1 is 1.19 bits per heavy atom. The molecule has 0 aliphatic carbocycles. The van der Waals surface area contributed by atoms with Crippen LogP contribution in [0.2, 0.25) is 0 Å². The van der Waals surface area contributed by atoms with Gasteiger partial charge in [0.25, 0.3) is 5.56 Å². The Bertz CT molecular complexity index is 1280. The molecule has 3 rings (SSSR count). The molecular formula is C25H30N6O5. The Morgan fingerprint density at radius 2 is 1.97 bits per heavy atom. The monoisotopic (exact) mass is 494 g/mol. The zero-order valence-corrected chi connectivity index (χ0v) is 20.2. The SMILES string of the molecule is CN(C)C(=O)C=CCCC(NC(=O)CCO)C(=O)Nc1cccn(Cc2nc3ccccc3[nH]2)c1=O. The van der Waals surface area contributed by atoms with Gasteiger partial charge in [-0.15, -0.1) is 0 Å². The van der Waals surface area contributed by atoms with Gasteiger partial charge in [0.2, 0.25) is 17.7 Å². The average Bonchev–Trinajstić information content (AvgIpc) is 3.25. The van der Waals surface area contributed by atoms with Gasteiger partial charge in [-0.1, -0.05) is 18.2 Å². The Kier molecular flexibility index (Phi) is 9.12. The number of imidazole rings is 1. The van der Waals surface area contributed by atoms with Gasteiger partial charge in [0.1, 0.15) is 17.6 Å². The number of fused-ring (bicyclic) bond motifs is 1. The number of para-hydroxylation sites is 2. The molecule has 4 N–H and O–H groups in total. The molecule has 0 radical (unpaired) electrons. The van der Waals surface area contributed by atoms with Crippen LogP contribution in [0.15, 0.2) is 59.5 Å². The van der Waals surface area contributed by atoms with Crippen molar-refractivity contribution in [1.29, 1.82) is 0 Å². The second-order valence-corrected chi connectivity index (χ2v) is 8.35. The molecule has 3 amide bonds. The number of aliphatic hydroxyl groups excluding tert-OH is 1. The minimum absolute atomic E-state index is 0.0540. The van der Waals surface area contributed by atoms with Crippen molar-refractivity contribution in [2.75, 3.05) is 26.0 Å². The number of amides is 3. The first-order valence-corrected chi connectivity index (χ1v) is 11.5. The van der Waals surface area contributed by atoms with Crippen LogP contribution >= 0.6 is 0 Å². The maximum absolute atomic E-state index is 13.0. The number of nitrogens with one attached hydrogen (secondary N) is 3. The van der Waals surface area contributed by atoms with E-state index in [1.54, 1.807) is 32.4 Å². The Hall–Kier alpha value is -4.25. The minimum Gasteiger partial charge on any atom is -0.396 e. The Morgan fingerprint density at radius 3 is 2.69 bits per heavy atom. The number of aliphatic hydroxyl groups is 1. The summed E-state index contributed by atoms with van der Waals surface area (Å²) in [5.74, 6) is -0.682. The van der Waals surface area contributed by atoms with E-state index in [-0.39, 0.29) is 37.6 Å². The van der Waals surface area contributed by atoms with E-state index in [9.17, 15) is 19.2 Å². The predicted molar refractivity (Wildman–Crippen MR) is 135 cm³/mol. The van der Waals surface area contributed by atoms with Crippen LogP contribution < -0.4 is 16.2 Å². The summed E-state index contributed by atoms with van der Waals surface area (Å²) in [6.07, 6.45) is 4.97. The molecular weight excluding hydrogens is 464 g/mol. The molecule has 0 spiro atoms. The highest BCUT2D eigenvalue weighted by Crippen LogP contribution is 2.11. The predicted octanol–water partition coefficient (Wildman–Crippen LogP) is 1.00. The van der Waals surface area contributed by atoms with Crippen molar-refractivity contribution < 1.29 is 19.5 Å². The fourth-order valence-corrected chi connectivity index (χ4v) is 3.45. The first-order chi connectivity index (χ1) is 17.3. The largest absolute Gasteiger partial charge is 0.396 e. The highest BCUT2D eigenvalue weighted by molar-refractivity contribution is 5.97. The summed E-state index contributed by atoms with van der Waals surface area (Å²) in [5.41, 5.74) is 1.27. The summed E-state index contributed by atoms with van der Waals surface area (Å²) < 4.78 is 1.42. The third-order valence-corrected chi connectivity index (χ3v) is 5.35. The van der Waals surface area contributed by atoms with Crippen LogP contribution in [-0.4, -0.2) is 69.0 Å². The number of nitrogens with zero attached hydrogens (tertiary/aromatic N) is 3. The Labute approximate surface area is 207 Å². The average molecular weight is 495 g/mol. The summed E-state index contributed by atoms with van der Waals surface area (Å²) in [7, 11) is 3.25. The molecule has 1 atom stereocenters. The van der Waals surface area contributed by atoms with E-state index in [1.807, 2.05) is 24.3 Å². The molecule has 0 fully saturated rings. The number of carbonyl (C=O) groups is 3. The lowest BCUT2D eigenvalue weighted by Crippen LogP contribution is -2.44. The van der Waals surface area contributed by atoms with E-state index < -0.39 is 23.4 Å². The molecule has 2 aromatic heterocycles. The van der Waals surface area contributed by atoms with Crippen molar-refractivity contribution in [2.24, 2.45) is 0 Å². The number of rotatable bonds is 11. The number of likely N-dealkylation sites (N-methyl/N-ethyl adjacent to an activating group) is 1. The molecule has 0 aliphatic rings. The van der Waals surface area contributed by atoms with E-state index in [1.165, 1.54) is 21.6 Å². The summed E-state index contributed by atoms with van der Waals surface area (Å²) in [5, 5.41) is 14.2. The van der Waals surface area contributed by atoms with E-state index in [0.29, 0.717) is 12.2 Å². The molecule has 11 nitrogen and oxygen atoms in total. The molecule has 3 aromatic rings. The molecule has 0 aliphatic heterocycles. The van der Waals surface area contributed by atoms with Gasteiger partial charge in [-0.25, -0.2) is 4.98 Å². The molecule has 0 saturated heterocycles. The maximum atomic E-state index is 13.0. The molecule has 11 heteroatoms. The van der Waals surface area contributed by atoms with Crippen LogP contribution in [0.5, 0.6) is 0 Å². The number of H-pyrrole nitrogens is 1. The lowest BCUT2D eigenvalue weighted by Gasteiger charge is -2.18. The Balaban J connectivity index is 1.72. The molecule has 0 bridgehead atoms. The van der Waals surface area contributed by atoms with Crippen LogP contribution in [0.3, 0.4) is 0 Å². The topological polar surface area (TPSA) is 149 Å². The first-order valence-electron chi connectivity index (χ1n) is 11.5. The zero-order valence-electron chi connectivity index (χ0n) is 20.2. The van der Waals surface area contributed by atoms with Gasteiger partial charge >= 0.3 is 0 Å². The number of anilines is 1. The number of pyridine rings is 1. The second kappa shape index (κ2) is 12.5. The molecule has 1 unspecified atom stereocenters. The lowest BCUT2D eigenvalue weighted by atomic mass is 10.1. The highest BCUT2D eigenvalue weighted by atomic mass is 16.3. The van der Waals surface area contributed by atoms with Crippen molar-refractivity contribution in [1.82, 2.24) is 24.8 Å². The third-order valence-electron chi connectivity index (χ3n) is 5.35. The van der Waals surface area contributed by atoms with Gasteiger partial charge < -0.3 is 30.2 Å². The van der Waals surface area contributed by atoms with Gasteiger partial charge in [-0.2, -0.15) is 0 Å². The number of hydrogen-bond acceptors (Lipinski definition) is 6. The normalized spacial score (nSPS) is 12.0. The van der Waals surface area contributed by atoms with Crippen molar-refractivity contribution in [3.05, 3.63) is 70.9 Å². The first kappa shape index (κ1) is 26.4. The van der Waals surface area contributed by atoms with Gasteiger partial charge in [-0.3, -0.25) is 19.2 Å². The van der Waals surface area contributed by atoms with Gasteiger partial charge in [-0.05, 0) is 43.2 Å².